The molecule has 0 bridgehead atoms. The lowest BCUT2D eigenvalue weighted by molar-refractivity contribution is -0.141. The maximum atomic E-state index is 12.2. The van der Waals surface area contributed by atoms with Gasteiger partial charge >= 0.3 is 5.97 Å². The van der Waals surface area contributed by atoms with Crippen LogP contribution >= 0.6 is 0 Å². The summed E-state index contributed by atoms with van der Waals surface area (Å²) < 4.78 is 5.29. The normalized spacial score (nSPS) is 15.6. The third kappa shape index (κ3) is 8.03. The van der Waals surface area contributed by atoms with Crippen LogP contribution in [0.4, 0.5) is 11.4 Å². The molecule has 9 heteroatoms. The van der Waals surface area contributed by atoms with Gasteiger partial charge in [-0.2, -0.15) is 0 Å². The molecule has 1 unspecified atom stereocenters. The number of benzene rings is 1. The zero-order chi connectivity index (χ0) is 20.4. The van der Waals surface area contributed by atoms with E-state index in [4.69, 9.17) is 4.74 Å². The lowest BCUT2D eigenvalue weighted by Crippen LogP contribution is -2.42. The van der Waals surface area contributed by atoms with Gasteiger partial charge in [-0.3, -0.25) is 19.3 Å². The topological polar surface area (TPSA) is 120 Å². The Balaban J connectivity index is 1.73. The van der Waals surface area contributed by atoms with E-state index in [-0.39, 0.29) is 18.2 Å². The number of nitrogens with zero attached hydrogens (tertiary/aromatic N) is 1. The maximum absolute atomic E-state index is 12.2. The van der Waals surface area contributed by atoms with Gasteiger partial charge in [0.1, 0.15) is 6.04 Å². The van der Waals surface area contributed by atoms with Gasteiger partial charge in [0.05, 0.1) is 19.6 Å². The van der Waals surface area contributed by atoms with E-state index in [1.807, 2.05) is 0 Å². The summed E-state index contributed by atoms with van der Waals surface area (Å²) >= 11 is 0. The van der Waals surface area contributed by atoms with Crippen LogP contribution in [-0.2, 0) is 19.1 Å². The highest BCUT2D eigenvalue weighted by atomic mass is 16.5. The van der Waals surface area contributed by atoms with Crippen LogP contribution in [0.2, 0.25) is 0 Å². The van der Waals surface area contributed by atoms with Crippen molar-refractivity contribution in [1.82, 2.24) is 10.2 Å². The minimum atomic E-state index is -1.05. The van der Waals surface area contributed by atoms with Gasteiger partial charge < -0.3 is 25.8 Å². The zero-order valence-corrected chi connectivity index (χ0v) is 16.1. The largest absolute Gasteiger partial charge is 0.480 e. The van der Waals surface area contributed by atoms with Gasteiger partial charge in [0, 0.05) is 31.4 Å². The zero-order valence-electron chi connectivity index (χ0n) is 16.1. The molecule has 0 spiro atoms. The molecule has 2 amide bonds. The predicted octanol–water partition coefficient (Wildman–Crippen LogP) is 0.739. The standard InChI is InChI=1S/C19H28N4O5/c1-14(24)21-15-3-5-16(6-4-15)22-18(25)13-17(19(26)27)20-7-2-8-23-9-11-28-12-10-23/h3-6,17,20H,2,7-13H2,1H3,(H,21,24)(H,22,25)(H,26,27). The fourth-order valence-electron chi connectivity index (χ4n) is 2.89. The molecule has 1 saturated heterocycles. The number of ether oxygens (including phenoxy) is 1. The first-order chi connectivity index (χ1) is 13.4. The molecule has 1 aliphatic heterocycles. The van der Waals surface area contributed by atoms with Gasteiger partial charge in [-0.15, -0.1) is 0 Å². The smallest absolute Gasteiger partial charge is 0.321 e. The molecule has 0 radical (unpaired) electrons. The minimum Gasteiger partial charge on any atom is -0.480 e. The van der Waals surface area contributed by atoms with Gasteiger partial charge in [-0.1, -0.05) is 0 Å². The molecule has 1 fully saturated rings. The Morgan fingerprint density at radius 2 is 1.71 bits per heavy atom. The van der Waals surface area contributed by atoms with Crippen LogP contribution < -0.4 is 16.0 Å². The van der Waals surface area contributed by atoms with Crippen molar-refractivity contribution in [3.8, 4) is 0 Å². The van der Waals surface area contributed by atoms with Crippen molar-refractivity contribution in [1.29, 1.82) is 0 Å². The molecular weight excluding hydrogens is 364 g/mol. The van der Waals surface area contributed by atoms with E-state index in [2.05, 4.69) is 20.9 Å². The van der Waals surface area contributed by atoms with E-state index < -0.39 is 12.0 Å². The Morgan fingerprint density at radius 1 is 1.11 bits per heavy atom. The summed E-state index contributed by atoms with van der Waals surface area (Å²) in [5.41, 5.74) is 1.16. The molecule has 154 valence electrons. The molecule has 28 heavy (non-hydrogen) atoms. The fraction of sp³-hybridized carbons (Fsp3) is 0.526. The van der Waals surface area contributed by atoms with E-state index in [0.717, 1.165) is 39.3 Å². The molecule has 1 aromatic carbocycles. The van der Waals surface area contributed by atoms with Gasteiger partial charge in [0.25, 0.3) is 0 Å². The molecule has 2 rings (SSSR count). The molecule has 1 atom stereocenters. The van der Waals surface area contributed by atoms with Crippen molar-refractivity contribution in [2.24, 2.45) is 0 Å². The number of aliphatic carboxylic acids is 1. The summed E-state index contributed by atoms with van der Waals surface area (Å²) in [6, 6.07) is 5.68. The first kappa shape index (κ1) is 21.8. The minimum absolute atomic E-state index is 0.166. The molecule has 4 N–H and O–H groups in total. The van der Waals surface area contributed by atoms with E-state index in [1.165, 1.54) is 6.92 Å². The molecule has 0 aromatic heterocycles. The SMILES string of the molecule is CC(=O)Nc1ccc(NC(=O)CC(NCCCN2CCOCC2)C(=O)O)cc1. The number of nitrogens with one attached hydrogen (secondary N) is 3. The quantitative estimate of drug-likeness (QED) is 0.434. The summed E-state index contributed by atoms with van der Waals surface area (Å²) in [4.78, 5) is 36.9. The second-order valence-electron chi connectivity index (χ2n) is 6.66. The Morgan fingerprint density at radius 3 is 2.29 bits per heavy atom. The van der Waals surface area contributed by atoms with Crippen LogP contribution in [0, 0.1) is 0 Å². The van der Waals surface area contributed by atoms with E-state index in [1.54, 1.807) is 24.3 Å². The number of amides is 2. The summed E-state index contributed by atoms with van der Waals surface area (Å²) in [7, 11) is 0. The van der Waals surface area contributed by atoms with Crippen molar-refractivity contribution >= 4 is 29.2 Å². The molecule has 0 aliphatic carbocycles. The van der Waals surface area contributed by atoms with Crippen LogP contribution in [0.25, 0.3) is 0 Å². The van der Waals surface area contributed by atoms with Gasteiger partial charge in [-0.25, -0.2) is 0 Å². The first-order valence-corrected chi connectivity index (χ1v) is 9.38. The Kier molecular flexibility index (Phi) is 8.86. The van der Waals surface area contributed by atoms with E-state index in [9.17, 15) is 19.5 Å². The Bertz CT molecular complexity index is 659. The average molecular weight is 392 g/mol. The summed E-state index contributed by atoms with van der Waals surface area (Å²) in [6.07, 6.45) is 0.635. The third-order valence-corrected chi connectivity index (χ3v) is 4.32. The number of carbonyl (C=O) groups is 3. The highest BCUT2D eigenvalue weighted by Gasteiger charge is 2.21. The number of carbonyl (C=O) groups excluding carboxylic acids is 2. The lowest BCUT2D eigenvalue weighted by Gasteiger charge is -2.26. The first-order valence-electron chi connectivity index (χ1n) is 9.38. The summed E-state index contributed by atoms with van der Waals surface area (Å²) in [5.74, 6) is -1.62. The number of carboxylic acids is 1. The molecule has 0 saturated carbocycles. The molecule has 1 aromatic rings. The van der Waals surface area contributed by atoms with E-state index in [0.29, 0.717) is 17.9 Å². The second-order valence-corrected chi connectivity index (χ2v) is 6.66. The third-order valence-electron chi connectivity index (χ3n) is 4.32. The fourth-order valence-corrected chi connectivity index (χ4v) is 2.89. The monoisotopic (exact) mass is 392 g/mol. The molecular formula is C19H28N4O5. The van der Waals surface area contributed by atoms with Crippen LogP contribution in [0.3, 0.4) is 0 Å². The summed E-state index contributed by atoms with van der Waals surface area (Å²) in [6.45, 7) is 6.06. The van der Waals surface area contributed by atoms with Crippen LogP contribution in [-0.4, -0.2) is 73.2 Å². The number of anilines is 2. The number of hydrogen-bond acceptors (Lipinski definition) is 6. The van der Waals surface area contributed by atoms with E-state index >= 15 is 0 Å². The molecule has 1 heterocycles. The van der Waals surface area contributed by atoms with Gasteiger partial charge in [0.2, 0.25) is 11.8 Å². The molecule has 9 nitrogen and oxygen atoms in total. The van der Waals surface area contributed by atoms with Crippen LogP contribution in [0.15, 0.2) is 24.3 Å². The maximum Gasteiger partial charge on any atom is 0.321 e. The van der Waals surface area contributed by atoms with Crippen molar-refractivity contribution in [3.05, 3.63) is 24.3 Å². The second kappa shape index (κ2) is 11.4. The number of morpholine rings is 1. The number of rotatable bonds is 10. The van der Waals surface area contributed by atoms with Crippen molar-refractivity contribution < 1.29 is 24.2 Å². The number of hydrogen-bond donors (Lipinski definition) is 4. The van der Waals surface area contributed by atoms with Crippen molar-refractivity contribution in [2.45, 2.75) is 25.8 Å². The number of carboxylic acid groups (broad SMARTS) is 1. The van der Waals surface area contributed by atoms with Crippen molar-refractivity contribution in [2.75, 3.05) is 50.0 Å². The average Bonchev–Trinajstić information content (AvgIpc) is 2.66. The molecule has 1 aliphatic rings. The highest BCUT2D eigenvalue weighted by Crippen LogP contribution is 2.14. The Hall–Kier alpha value is -2.49. The lowest BCUT2D eigenvalue weighted by atomic mass is 10.2. The van der Waals surface area contributed by atoms with Crippen LogP contribution in [0.5, 0.6) is 0 Å². The van der Waals surface area contributed by atoms with Gasteiger partial charge in [0.15, 0.2) is 0 Å². The van der Waals surface area contributed by atoms with Crippen LogP contribution in [0.1, 0.15) is 19.8 Å². The Labute approximate surface area is 164 Å². The van der Waals surface area contributed by atoms with Crippen molar-refractivity contribution in [3.63, 3.8) is 0 Å². The predicted molar refractivity (Wildman–Crippen MR) is 105 cm³/mol. The summed E-state index contributed by atoms with van der Waals surface area (Å²) in [5, 5.41) is 17.6. The highest BCUT2D eigenvalue weighted by molar-refractivity contribution is 5.94. The van der Waals surface area contributed by atoms with Gasteiger partial charge in [-0.05, 0) is 43.8 Å².